The van der Waals surface area contributed by atoms with Crippen LogP contribution in [0.4, 0.5) is 10.1 Å². The molecule has 6 heteroatoms. The molecule has 0 aromatic heterocycles. The molecule has 4 nitrogen and oxygen atoms in total. The van der Waals surface area contributed by atoms with Crippen LogP contribution in [0.5, 0.6) is 0 Å². The molecule has 2 aromatic rings. The number of hydrogen-bond acceptors (Lipinski definition) is 4. The first-order chi connectivity index (χ1) is 11.0. The second-order valence-corrected chi connectivity index (χ2v) is 6.15. The minimum atomic E-state index is -0.513. The van der Waals surface area contributed by atoms with Crippen LogP contribution in [0.1, 0.15) is 6.92 Å². The number of hydrogen-bond donors (Lipinski definition) is 1. The Morgan fingerprint density at radius 1 is 1.17 bits per heavy atom. The third kappa shape index (κ3) is 5.75. The van der Waals surface area contributed by atoms with Crippen LogP contribution in [0.15, 0.2) is 59.5 Å². The average molecular weight is 333 g/mol. The number of rotatable bonds is 6. The molecule has 120 valence electrons. The Bertz CT molecular complexity index is 679. The van der Waals surface area contributed by atoms with Gasteiger partial charge in [-0.2, -0.15) is 0 Å². The minimum absolute atomic E-state index is 0.317. The molecule has 2 aromatic carbocycles. The summed E-state index contributed by atoms with van der Waals surface area (Å²) in [6, 6.07) is 14.9. The van der Waals surface area contributed by atoms with E-state index in [1.807, 2.05) is 30.3 Å². The van der Waals surface area contributed by atoms with Gasteiger partial charge in [0.2, 0.25) is 0 Å². The van der Waals surface area contributed by atoms with Crippen LogP contribution in [0.25, 0.3) is 0 Å². The minimum Gasteiger partial charge on any atom is -0.455 e. The topological polar surface area (TPSA) is 55.4 Å². The van der Waals surface area contributed by atoms with Crippen molar-refractivity contribution >= 4 is 29.3 Å². The van der Waals surface area contributed by atoms with Crippen molar-refractivity contribution in [2.75, 3.05) is 11.9 Å². The summed E-state index contributed by atoms with van der Waals surface area (Å²) in [5.41, 5.74) is 0.317. The second-order valence-electron chi connectivity index (χ2n) is 4.74. The quantitative estimate of drug-likeness (QED) is 0.649. The normalized spacial score (nSPS) is 11.6. The summed E-state index contributed by atoms with van der Waals surface area (Å²) in [6.07, 6.45) is 0. The number of carbonyl (C=O) groups excluding carboxylic acids is 2. The predicted molar refractivity (Wildman–Crippen MR) is 87.7 cm³/mol. The van der Waals surface area contributed by atoms with E-state index in [4.69, 9.17) is 4.74 Å². The fraction of sp³-hybridized carbons (Fsp3) is 0.176. The maximum absolute atomic E-state index is 13.0. The lowest BCUT2D eigenvalue weighted by Gasteiger charge is -2.11. The monoisotopic (exact) mass is 333 g/mol. The molecule has 1 N–H and O–H groups in total. The van der Waals surface area contributed by atoms with E-state index in [0.717, 1.165) is 4.90 Å². The number of thioether (sulfide) groups is 1. The number of anilines is 1. The molecule has 0 aliphatic heterocycles. The van der Waals surface area contributed by atoms with Crippen molar-refractivity contribution in [3.8, 4) is 0 Å². The number of ether oxygens (including phenoxy) is 1. The van der Waals surface area contributed by atoms with Gasteiger partial charge >= 0.3 is 5.97 Å². The smallest absolute Gasteiger partial charge is 0.319 e. The zero-order chi connectivity index (χ0) is 16.7. The Kier molecular flexibility index (Phi) is 6.17. The maximum atomic E-state index is 13.0. The standard InChI is InChI=1S/C17H16FNO3S/c1-12(23-15-8-3-2-4-9-15)17(21)22-11-16(20)19-14-7-5-6-13(18)10-14/h2-10,12H,11H2,1H3,(H,19,20)/t12-/m0/s1. The molecule has 0 bridgehead atoms. The number of nitrogens with one attached hydrogen (secondary N) is 1. The first kappa shape index (κ1) is 17.0. The fourth-order valence-electron chi connectivity index (χ4n) is 1.77. The van der Waals surface area contributed by atoms with Crippen molar-refractivity contribution in [3.05, 3.63) is 60.4 Å². The van der Waals surface area contributed by atoms with Gasteiger partial charge in [-0.15, -0.1) is 11.8 Å². The molecule has 0 aliphatic rings. The number of halogens is 1. The summed E-state index contributed by atoms with van der Waals surface area (Å²) in [4.78, 5) is 24.5. The molecule has 23 heavy (non-hydrogen) atoms. The van der Waals surface area contributed by atoms with Gasteiger partial charge in [0.05, 0.1) is 0 Å². The van der Waals surface area contributed by atoms with Crippen LogP contribution in [0.3, 0.4) is 0 Å². The van der Waals surface area contributed by atoms with Crippen molar-refractivity contribution in [2.24, 2.45) is 0 Å². The van der Waals surface area contributed by atoms with E-state index in [9.17, 15) is 14.0 Å². The number of amides is 1. The van der Waals surface area contributed by atoms with E-state index in [2.05, 4.69) is 5.32 Å². The third-order valence-electron chi connectivity index (χ3n) is 2.84. The van der Waals surface area contributed by atoms with E-state index < -0.39 is 29.6 Å². The molecule has 0 fully saturated rings. The van der Waals surface area contributed by atoms with E-state index >= 15 is 0 Å². The van der Waals surface area contributed by atoms with Crippen molar-refractivity contribution in [1.29, 1.82) is 0 Å². The zero-order valence-corrected chi connectivity index (χ0v) is 13.3. The van der Waals surface area contributed by atoms with E-state index in [1.165, 1.54) is 30.0 Å². The first-order valence-corrected chi connectivity index (χ1v) is 7.86. The molecule has 1 amide bonds. The Hall–Kier alpha value is -2.34. The van der Waals surface area contributed by atoms with Gasteiger partial charge in [-0.05, 0) is 37.3 Å². The molecule has 0 radical (unpaired) electrons. The average Bonchev–Trinajstić information content (AvgIpc) is 2.53. The Balaban J connectivity index is 1.78. The molecular weight excluding hydrogens is 317 g/mol. The Morgan fingerprint density at radius 3 is 2.61 bits per heavy atom. The van der Waals surface area contributed by atoms with Gasteiger partial charge in [0.1, 0.15) is 11.1 Å². The SMILES string of the molecule is C[C@H](Sc1ccccc1)C(=O)OCC(=O)Nc1cccc(F)c1. The van der Waals surface area contributed by atoms with Crippen molar-refractivity contribution in [2.45, 2.75) is 17.1 Å². The summed E-state index contributed by atoms with van der Waals surface area (Å²) in [6.45, 7) is 1.31. The summed E-state index contributed by atoms with van der Waals surface area (Å²) < 4.78 is 18.0. The highest BCUT2D eigenvalue weighted by molar-refractivity contribution is 8.00. The maximum Gasteiger partial charge on any atom is 0.319 e. The Morgan fingerprint density at radius 2 is 1.91 bits per heavy atom. The summed E-state index contributed by atoms with van der Waals surface area (Å²) in [5.74, 6) is -1.44. The highest BCUT2D eigenvalue weighted by Gasteiger charge is 2.17. The number of benzene rings is 2. The van der Waals surface area contributed by atoms with Crippen molar-refractivity contribution in [1.82, 2.24) is 0 Å². The van der Waals surface area contributed by atoms with Gasteiger partial charge in [0, 0.05) is 10.6 Å². The van der Waals surface area contributed by atoms with Crippen LogP contribution < -0.4 is 5.32 Å². The van der Waals surface area contributed by atoms with Crippen LogP contribution in [-0.4, -0.2) is 23.7 Å². The highest BCUT2D eigenvalue weighted by Crippen LogP contribution is 2.23. The largest absolute Gasteiger partial charge is 0.455 e. The van der Waals surface area contributed by atoms with Gasteiger partial charge < -0.3 is 10.1 Å². The molecule has 0 saturated heterocycles. The molecule has 0 aliphatic carbocycles. The zero-order valence-electron chi connectivity index (χ0n) is 12.5. The van der Waals surface area contributed by atoms with Crippen LogP contribution in [0, 0.1) is 5.82 Å². The first-order valence-electron chi connectivity index (χ1n) is 6.98. The molecule has 0 spiro atoms. The lowest BCUT2D eigenvalue weighted by molar-refractivity contribution is -0.146. The third-order valence-corrected chi connectivity index (χ3v) is 3.93. The predicted octanol–water partition coefficient (Wildman–Crippen LogP) is 3.49. The van der Waals surface area contributed by atoms with Gasteiger partial charge in [-0.25, -0.2) is 4.39 Å². The molecule has 2 rings (SSSR count). The second kappa shape index (κ2) is 8.33. The molecule has 0 unspecified atom stereocenters. The van der Waals surface area contributed by atoms with Crippen LogP contribution in [-0.2, 0) is 14.3 Å². The summed E-state index contributed by atoms with van der Waals surface area (Å²) in [5, 5.41) is 2.03. The van der Waals surface area contributed by atoms with Crippen LogP contribution >= 0.6 is 11.8 Å². The number of carbonyl (C=O) groups is 2. The fourth-order valence-corrected chi connectivity index (χ4v) is 2.66. The van der Waals surface area contributed by atoms with E-state index in [-0.39, 0.29) is 0 Å². The lowest BCUT2D eigenvalue weighted by Crippen LogP contribution is -2.24. The molecule has 1 atom stereocenters. The molecular formula is C17H16FNO3S. The van der Waals surface area contributed by atoms with Gasteiger partial charge in [0.15, 0.2) is 6.61 Å². The van der Waals surface area contributed by atoms with E-state index in [1.54, 1.807) is 13.0 Å². The number of esters is 1. The lowest BCUT2D eigenvalue weighted by atomic mass is 10.3. The van der Waals surface area contributed by atoms with E-state index in [0.29, 0.717) is 5.69 Å². The molecule has 0 saturated carbocycles. The Labute approximate surface area is 138 Å². The van der Waals surface area contributed by atoms with Crippen molar-refractivity contribution in [3.63, 3.8) is 0 Å². The van der Waals surface area contributed by atoms with Gasteiger partial charge in [0.25, 0.3) is 5.91 Å². The van der Waals surface area contributed by atoms with Gasteiger partial charge in [-0.3, -0.25) is 9.59 Å². The van der Waals surface area contributed by atoms with Crippen molar-refractivity contribution < 1.29 is 18.7 Å². The van der Waals surface area contributed by atoms with Gasteiger partial charge in [-0.1, -0.05) is 24.3 Å². The molecule has 0 heterocycles. The van der Waals surface area contributed by atoms with Crippen LogP contribution in [0.2, 0.25) is 0 Å². The summed E-state index contributed by atoms with van der Waals surface area (Å²) >= 11 is 1.35. The summed E-state index contributed by atoms with van der Waals surface area (Å²) in [7, 11) is 0. The highest BCUT2D eigenvalue weighted by atomic mass is 32.2.